The highest BCUT2D eigenvalue weighted by molar-refractivity contribution is 7.98. The smallest absolute Gasteiger partial charge is 0.237 e. The van der Waals surface area contributed by atoms with Crippen molar-refractivity contribution in [2.45, 2.75) is 37.1 Å². The van der Waals surface area contributed by atoms with Crippen molar-refractivity contribution in [1.82, 2.24) is 24.9 Å². The molecule has 29 heavy (non-hydrogen) atoms. The first-order valence-corrected chi connectivity index (χ1v) is 10.7. The van der Waals surface area contributed by atoms with E-state index in [2.05, 4.69) is 32.2 Å². The van der Waals surface area contributed by atoms with Crippen molar-refractivity contribution in [2.24, 2.45) is 0 Å². The van der Waals surface area contributed by atoms with E-state index in [1.807, 2.05) is 10.6 Å². The fraction of sp³-hybridized carbons (Fsp3) is 0.474. The van der Waals surface area contributed by atoms with Crippen LogP contribution in [0.1, 0.15) is 31.5 Å². The highest BCUT2D eigenvalue weighted by atomic mass is 32.2. The number of benzene rings is 1. The van der Waals surface area contributed by atoms with Crippen LogP contribution in [-0.2, 0) is 16.9 Å². The molecule has 4 rings (SSSR count). The van der Waals surface area contributed by atoms with Gasteiger partial charge in [0, 0.05) is 19.5 Å². The zero-order valence-electron chi connectivity index (χ0n) is 16.3. The molecule has 0 unspecified atom stereocenters. The van der Waals surface area contributed by atoms with Crippen molar-refractivity contribution in [3.8, 4) is 5.69 Å². The van der Waals surface area contributed by atoms with Crippen LogP contribution in [0.5, 0.6) is 0 Å². The van der Waals surface area contributed by atoms with E-state index in [-0.39, 0.29) is 5.82 Å². The second kappa shape index (κ2) is 9.36. The maximum absolute atomic E-state index is 13.9. The molecule has 0 saturated carbocycles. The average Bonchev–Trinajstić information content (AvgIpc) is 3.38. The molecule has 1 aliphatic heterocycles. The number of nitrogens with zero attached hydrogens (tertiary/aromatic N) is 6. The van der Waals surface area contributed by atoms with E-state index in [9.17, 15) is 4.39 Å². The van der Waals surface area contributed by atoms with E-state index in [1.54, 1.807) is 6.07 Å². The number of anilines is 1. The van der Waals surface area contributed by atoms with Gasteiger partial charge >= 0.3 is 0 Å². The Labute approximate surface area is 172 Å². The van der Waals surface area contributed by atoms with Crippen LogP contribution in [0.25, 0.3) is 5.69 Å². The molecule has 154 valence electrons. The second-order valence-corrected chi connectivity index (χ2v) is 7.64. The minimum absolute atomic E-state index is 0.308. The van der Waals surface area contributed by atoms with Gasteiger partial charge in [-0.2, -0.15) is 4.98 Å². The largest absolute Gasteiger partial charge is 0.378 e. The molecule has 3 heterocycles. The van der Waals surface area contributed by atoms with Crippen LogP contribution in [-0.4, -0.2) is 51.2 Å². The first-order valence-electron chi connectivity index (χ1n) is 9.73. The van der Waals surface area contributed by atoms with Crippen LogP contribution in [0.2, 0.25) is 0 Å². The van der Waals surface area contributed by atoms with Crippen LogP contribution in [0.3, 0.4) is 0 Å². The average molecular weight is 418 g/mol. The summed E-state index contributed by atoms with van der Waals surface area (Å²) in [6, 6.07) is 6.43. The normalized spacial score (nSPS) is 14.5. The maximum atomic E-state index is 13.9. The number of unbranched alkanes of at least 4 members (excludes halogenated alkanes) is 1. The molecule has 0 amide bonds. The molecule has 0 radical (unpaired) electrons. The molecular weight excluding hydrogens is 395 g/mol. The van der Waals surface area contributed by atoms with Crippen molar-refractivity contribution in [2.75, 3.05) is 31.2 Å². The summed E-state index contributed by atoms with van der Waals surface area (Å²) < 4.78 is 26.5. The van der Waals surface area contributed by atoms with Gasteiger partial charge in [0.15, 0.2) is 11.0 Å². The van der Waals surface area contributed by atoms with Crippen molar-refractivity contribution in [3.63, 3.8) is 0 Å². The van der Waals surface area contributed by atoms with Gasteiger partial charge in [-0.05, 0) is 24.6 Å². The lowest BCUT2D eigenvalue weighted by atomic mass is 10.2. The number of thioether (sulfide) groups is 1. The Morgan fingerprint density at radius 1 is 1.21 bits per heavy atom. The topological polar surface area (TPSA) is 82.1 Å². The third kappa shape index (κ3) is 4.76. The Morgan fingerprint density at radius 2 is 2.07 bits per heavy atom. The Morgan fingerprint density at radius 3 is 2.86 bits per heavy atom. The zero-order valence-corrected chi connectivity index (χ0v) is 17.1. The van der Waals surface area contributed by atoms with Crippen LogP contribution < -0.4 is 4.90 Å². The second-order valence-electron chi connectivity index (χ2n) is 6.69. The van der Waals surface area contributed by atoms with Crippen molar-refractivity contribution >= 4 is 17.7 Å². The third-order valence-corrected chi connectivity index (χ3v) is 5.48. The van der Waals surface area contributed by atoms with E-state index < -0.39 is 0 Å². The Hall–Kier alpha value is -2.46. The molecule has 0 bridgehead atoms. The van der Waals surface area contributed by atoms with E-state index in [1.165, 1.54) is 23.9 Å². The first-order chi connectivity index (χ1) is 14.2. The Kier molecular flexibility index (Phi) is 6.40. The van der Waals surface area contributed by atoms with E-state index in [0.717, 1.165) is 25.1 Å². The zero-order chi connectivity index (χ0) is 20.1. The van der Waals surface area contributed by atoms with E-state index in [4.69, 9.17) is 9.26 Å². The summed E-state index contributed by atoms with van der Waals surface area (Å²) in [5.74, 6) is 2.11. The van der Waals surface area contributed by atoms with Crippen molar-refractivity contribution in [1.29, 1.82) is 0 Å². The summed E-state index contributed by atoms with van der Waals surface area (Å²) in [7, 11) is 0. The molecule has 1 fully saturated rings. The molecule has 2 aromatic heterocycles. The molecule has 0 spiro atoms. The lowest BCUT2D eigenvalue weighted by molar-refractivity contribution is 0.122. The summed E-state index contributed by atoms with van der Waals surface area (Å²) in [6.45, 7) is 4.80. The van der Waals surface area contributed by atoms with Gasteiger partial charge in [0.1, 0.15) is 5.82 Å². The fourth-order valence-electron chi connectivity index (χ4n) is 3.08. The number of aromatic nitrogens is 5. The van der Waals surface area contributed by atoms with Gasteiger partial charge in [-0.25, -0.2) is 4.39 Å². The number of rotatable bonds is 8. The first kappa shape index (κ1) is 19.8. The molecular formula is C19H23FN6O2S. The van der Waals surface area contributed by atoms with Gasteiger partial charge in [0.25, 0.3) is 0 Å². The third-order valence-electron chi connectivity index (χ3n) is 4.57. The highest BCUT2D eigenvalue weighted by Crippen LogP contribution is 2.29. The summed E-state index contributed by atoms with van der Waals surface area (Å²) in [6.07, 6.45) is 2.92. The monoisotopic (exact) mass is 418 g/mol. The van der Waals surface area contributed by atoms with Crippen LogP contribution in [0.4, 0.5) is 10.3 Å². The number of halogens is 1. The number of aryl methyl sites for hydroxylation is 1. The predicted octanol–water partition coefficient (Wildman–Crippen LogP) is 3.26. The minimum atomic E-state index is -0.308. The number of ether oxygens (including phenoxy) is 1. The molecule has 1 saturated heterocycles. The molecule has 0 atom stereocenters. The highest BCUT2D eigenvalue weighted by Gasteiger charge is 2.22. The molecule has 3 aromatic rings. The predicted molar refractivity (Wildman–Crippen MR) is 107 cm³/mol. The molecule has 1 aromatic carbocycles. The quantitative estimate of drug-likeness (QED) is 0.516. The van der Waals surface area contributed by atoms with Crippen molar-refractivity contribution in [3.05, 3.63) is 41.8 Å². The lowest BCUT2D eigenvalue weighted by Gasteiger charge is -2.27. The number of hydrogen-bond donors (Lipinski definition) is 0. The van der Waals surface area contributed by atoms with E-state index >= 15 is 0 Å². The van der Waals surface area contributed by atoms with Gasteiger partial charge in [-0.15, -0.1) is 10.2 Å². The van der Waals surface area contributed by atoms with Gasteiger partial charge in [0.05, 0.1) is 24.7 Å². The Bertz CT molecular complexity index is 940. The molecule has 8 nitrogen and oxygen atoms in total. The molecule has 10 heteroatoms. The van der Waals surface area contributed by atoms with Crippen LogP contribution in [0, 0.1) is 5.82 Å². The van der Waals surface area contributed by atoms with Gasteiger partial charge in [0.2, 0.25) is 11.8 Å². The lowest BCUT2D eigenvalue weighted by Crippen LogP contribution is -2.37. The number of morpholine rings is 1. The van der Waals surface area contributed by atoms with E-state index in [0.29, 0.717) is 54.7 Å². The van der Waals surface area contributed by atoms with Gasteiger partial charge in [-0.3, -0.25) is 4.57 Å². The molecule has 1 aliphatic rings. The maximum Gasteiger partial charge on any atom is 0.237 e. The minimum Gasteiger partial charge on any atom is -0.378 e. The SMILES string of the molecule is CCCCc1noc(CSc2nnc(N3CCOCC3)n2-c2cccc(F)c2)n1. The van der Waals surface area contributed by atoms with Crippen LogP contribution >= 0.6 is 11.8 Å². The summed E-state index contributed by atoms with van der Waals surface area (Å²) in [5, 5.41) is 13.4. The van der Waals surface area contributed by atoms with Gasteiger partial charge < -0.3 is 14.2 Å². The van der Waals surface area contributed by atoms with Gasteiger partial charge in [-0.1, -0.05) is 36.3 Å². The molecule has 0 aliphatic carbocycles. The summed E-state index contributed by atoms with van der Waals surface area (Å²) >= 11 is 1.44. The summed E-state index contributed by atoms with van der Waals surface area (Å²) in [5.41, 5.74) is 0.674. The van der Waals surface area contributed by atoms with Crippen molar-refractivity contribution < 1.29 is 13.7 Å². The summed E-state index contributed by atoms with van der Waals surface area (Å²) in [4.78, 5) is 6.53. The molecule has 0 N–H and O–H groups in total. The number of hydrogen-bond acceptors (Lipinski definition) is 8. The standard InChI is InChI=1S/C19H23FN6O2S/c1-2-3-7-16-21-17(28-24-16)13-29-19-23-22-18(25-8-10-27-11-9-25)26(19)15-6-4-5-14(20)12-15/h4-6,12H,2-3,7-11,13H2,1H3. The Balaban J connectivity index is 1.57. The van der Waals surface area contributed by atoms with Crippen LogP contribution in [0.15, 0.2) is 33.9 Å². The fourth-order valence-corrected chi connectivity index (χ4v) is 3.86.